The van der Waals surface area contributed by atoms with E-state index in [9.17, 15) is 9.59 Å². The SMILES string of the molecule is CO[C@@]1(C)S[C@@H]2[C@H](N)C(=O)N2C1C(=O)O. The number of nitrogens with zero attached hydrogens (tertiary/aromatic N) is 1. The summed E-state index contributed by atoms with van der Waals surface area (Å²) in [4.78, 5) is 22.9. The van der Waals surface area contributed by atoms with Gasteiger partial charge in [0.15, 0.2) is 6.04 Å². The molecule has 6 nitrogen and oxygen atoms in total. The largest absolute Gasteiger partial charge is 0.480 e. The second-order valence-corrected chi connectivity index (χ2v) is 5.27. The highest BCUT2D eigenvalue weighted by atomic mass is 32.2. The normalized spacial score (nSPS) is 43.8. The minimum Gasteiger partial charge on any atom is -0.480 e. The van der Waals surface area contributed by atoms with Crippen molar-refractivity contribution in [2.75, 3.05) is 7.11 Å². The Labute approximate surface area is 90.7 Å². The third-order valence-corrected chi connectivity index (χ3v) is 4.51. The molecule has 1 amide bonds. The number of hydrogen-bond donors (Lipinski definition) is 2. The van der Waals surface area contributed by atoms with Crippen molar-refractivity contribution < 1.29 is 19.4 Å². The van der Waals surface area contributed by atoms with Crippen LogP contribution in [0.15, 0.2) is 0 Å². The van der Waals surface area contributed by atoms with Crippen LogP contribution in [0.2, 0.25) is 0 Å². The molecule has 4 atom stereocenters. The first-order valence-electron chi connectivity index (χ1n) is 4.46. The van der Waals surface area contributed by atoms with Gasteiger partial charge < -0.3 is 20.5 Å². The van der Waals surface area contributed by atoms with Gasteiger partial charge in [-0.3, -0.25) is 4.79 Å². The molecule has 2 rings (SSSR count). The highest BCUT2D eigenvalue weighted by Gasteiger charge is 2.65. The molecule has 2 fully saturated rings. The van der Waals surface area contributed by atoms with Gasteiger partial charge in [-0.2, -0.15) is 0 Å². The first kappa shape index (κ1) is 10.7. The lowest BCUT2D eigenvalue weighted by Crippen LogP contribution is -2.68. The van der Waals surface area contributed by atoms with Crippen molar-refractivity contribution in [1.29, 1.82) is 0 Å². The number of rotatable bonds is 2. The van der Waals surface area contributed by atoms with Crippen molar-refractivity contribution in [3.05, 3.63) is 0 Å². The van der Waals surface area contributed by atoms with E-state index in [0.29, 0.717) is 0 Å². The number of amides is 1. The zero-order valence-corrected chi connectivity index (χ0v) is 9.15. The molecule has 2 aliphatic rings. The Morgan fingerprint density at radius 1 is 1.73 bits per heavy atom. The Hall–Kier alpha value is -0.790. The molecule has 2 heterocycles. The zero-order valence-electron chi connectivity index (χ0n) is 8.34. The summed E-state index contributed by atoms with van der Waals surface area (Å²) in [5, 5.41) is 8.80. The van der Waals surface area contributed by atoms with E-state index in [1.54, 1.807) is 6.92 Å². The lowest BCUT2D eigenvalue weighted by atomic mass is 10.0. The molecule has 0 aromatic heterocycles. The number of carboxylic acid groups (broad SMARTS) is 1. The average Bonchev–Trinajstić information content (AvgIpc) is 2.49. The summed E-state index contributed by atoms with van der Waals surface area (Å²) in [6.07, 6.45) is 0. The summed E-state index contributed by atoms with van der Waals surface area (Å²) < 4.78 is 5.18. The molecular formula is C8H12N2O4S. The van der Waals surface area contributed by atoms with Crippen molar-refractivity contribution in [2.24, 2.45) is 5.73 Å². The quantitative estimate of drug-likeness (QED) is 0.596. The van der Waals surface area contributed by atoms with E-state index in [1.807, 2.05) is 0 Å². The fourth-order valence-corrected chi connectivity index (χ4v) is 3.50. The minimum absolute atomic E-state index is 0.274. The number of methoxy groups -OCH3 is 1. The average molecular weight is 232 g/mol. The van der Waals surface area contributed by atoms with Gasteiger partial charge in [-0.15, -0.1) is 0 Å². The number of β-lactam (4-membered cyclic amide) rings is 1. The Morgan fingerprint density at radius 2 is 2.33 bits per heavy atom. The van der Waals surface area contributed by atoms with Gasteiger partial charge in [-0.1, -0.05) is 11.8 Å². The van der Waals surface area contributed by atoms with Gasteiger partial charge in [0, 0.05) is 7.11 Å². The fraction of sp³-hybridized carbons (Fsp3) is 0.750. The number of nitrogens with two attached hydrogens (primary N) is 1. The van der Waals surface area contributed by atoms with E-state index < -0.39 is 23.0 Å². The van der Waals surface area contributed by atoms with Crippen LogP contribution in [0, 0.1) is 0 Å². The van der Waals surface area contributed by atoms with Crippen LogP contribution in [-0.2, 0) is 14.3 Å². The van der Waals surface area contributed by atoms with Gasteiger partial charge in [-0.25, -0.2) is 4.79 Å². The summed E-state index contributed by atoms with van der Waals surface area (Å²) in [5.41, 5.74) is 5.58. The standard InChI is InChI=1S/C8H12N2O4S/c1-8(14-2)4(7(12)13)10-5(11)3(9)6(10)15-8/h3-4,6H,9H2,1-2H3,(H,12,13)/t3-,4?,6-,8+/m1/s1. The molecule has 2 aliphatic heterocycles. The Bertz CT molecular complexity index is 337. The van der Waals surface area contributed by atoms with E-state index in [1.165, 1.54) is 23.8 Å². The van der Waals surface area contributed by atoms with Gasteiger partial charge in [-0.05, 0) is 6.92 Å². The van der Waals surface area contributed by atoms with Crippen LogP contribution in [0.4, 0.5) is 0 Å². The van der Waals surface area contributed by atoms with E-state index >= 15 is 0 Å². The predicted octanol–water partition coefficient (Wildman–Crippen LogP) is -0.955. The molecule has 2 saturated heterocycles. The topological polar surface area (TPSA) is 92.9 Å². The minimum atomic E-state index is -1.06. The molecule has 15 heavy (non-hydrogen) atoms. The van der Waals surface area contributed by atoms with Crippen LogP contribution in [0.25, 0.3) is 0 Å². The molecule has 84 valence electrons. The number of carbonyl (C=O) groups excluding carboxylic acids is 1. The van der Waals surface area contributed by atoms with Crippen molar-refractivity contribution in [3.63, 3.8) is 0 Å². The van der Waals surface area contributed by atoms with Crippen LogP contribution < -0.4 is 5.73 Å². The summed E-state index contributed by atoms with van der Waals surface area (Å²) in [5.74, 6) is -1.38. The number of hydrogen-bond acceptors (Lipinski definition) is 5. The molecule has 0 radical (unpaired) electrons. The molecule has 0 aliphatic carbocycles. The zero-order chi connectivity index (χ0) is 11.4. The van der Waals surface area contributed by atoms with E-state index in [2.05, 4.69) is 0 Å². The number of thioether (sulfide) groups is 1. The summed E-state index contributed by atoms with van der Waals surface area (Å²) in [6.45, 7) is 1.66. The summed E-state index contributed by atoms with van der Waals surface area (Å²) in [7, 11) is 1.44. The van der Waals surface area contributed by atoms with Gasteiger partial charge in [0.1, 0.15) is 16.3 Å². The molecule has 0 spiro atoms. The smallest absolute Gasteiger partial charge is 0.330 e. The predicted molar refractivity (Wildman–Crippen MR) is 53.0 cm³/mol. The fourth-order valence-electron chi connectivity index (χ4n) is 1.97. The Kier molecular flexibility index (Phi) is 2.21. The second-order valence-electron chi connectivity index (χ2n) is 3.74. The molecule has 0 saturated carbocycles. The maximum atomic E-state index is 11.4. The van der Waals surface area contributed by atoms with E-state index in [0.717, 1.165) is 0 Å². The molecular weight excluding hydrogens is 220 g/mol. The maximum absolute atomic E-state index is 11.4. The Balaban J connectivity index is 2.33. The number of carbonyl (C=O) groups is 2. The molecule has 3 N–H and O–H groups in total. The maximum Gasteiger partial charge on any atom is 0.330 e. The monoisotopic (exact) mass is 232 g/mol. The molecule has 0 aromatic carbocycles. The van der Waals surface area contributed by atoms with Crippen LogP contribution in [-0.4, -0.2) is 51.4 Å². The van der Waals surface area contributed by atoms with Gasteiger partial charge >= 0.3 is 5.97 Å². The summed E-state index contributed by atoms with van der Waals surface area (Å²) in [6, 6.07) is -1.56. The number of ether oxygens (including phenoxy) is 1. The van der Waals surface area contributed by atoms with Gasteiger partial charge in [0.2, 0.25) is 5.91 Å². The Morgan fingerprint density at radius 3 is 2.80 bits per heavy atom. The number of fused-ring (bicyclic) bond motifs is 1. The molecule has 0 aromatic rings. The van der Waals surface area contributed by atoms with E-state index in [-0.39, 0.29) is 11.3 Å². The second kappa shape index (κ2) is 3.10. The van der Waals surface area contributed by atoms with Crippen LogP contribution >= 0.6 is 11.8 Å². The molecule has 0 bridgehead atoms. The van der Waals surface area contributed by atoms with Crippen molar-refractivity contribution in [3.8, 4) is 0 Å². The first-order chi connectivity index (χ1) is 6.92. The highest BCUT2D eigenvalue weighted by molar-refractivity contribution is 8.01. The van der Waals surface area contributed by atoms with Crippen molar-refractivity contribution in [2.45, 2.75) is 29.3 Å². The van der Waals surface area contributed by atoms with Gasteiger partial charge in [0.05, 0.1) is 0 Å². The van der Waals surface area contributed by atoms with Crippen LogP contribution in [0.1, 0.15) is 6.92 Å². The number of aliphatic carboxylic acids is 1. The van der Waals surface area contributed by atoms with Gasteiger partial charge in [0.25, 0.3) is 0 Å². The third kappa shape index (κ3) is 1.20. The molecule has 1 unspecified atom stereocenters. The highest BCUT2D eigenvalue weighted by Crippen LogP contribution is 2.50. The summed E-state index contributed by atoms with van der Waals surface area (Å²) >= 11 is 1.29. The van der Waals surface area contributed by atoms with Crippen molar-refractivity contribution >= 4 is 23.6 Å². The lowest BCUT2D eigenvalue weighted by molar-refractivity contribution is -0.164. The lowest BCUT2D eigenvalue weighted by Gasteiger charge is -2.41. The third-order valence-electron chi connectivity index (χ3n) is 2.89. The van der Waals surface area contributed by atoms with Crippen LogP contribution in [0.5, 0.6) is 0 Å². The van der Waals surface area contributed by atoms with E-state index in [4.69, 9.17) is 15.6 Å². The molecule has 7 heteroatoms. The van der Waals surface area contributed by atoms with Crippen molar-refractivity contribution in [1.82, 2.24) is 4.90 Å². The number of carboxylic acids is 1. The first-order valence-corrected chi connectivity index (χ1v) is 5.34. The van der Waals surface area contributed by atoms with Crippen LogP contribution in [0.3, 0.4) is 0 Å².